The fourth-order valence-corrected chi connectivity index (χ4v) is 1.48. The number of hydrogen-bond acceptors (Lipinski definition) is 2. The van der Waals surface area contributed by atoms with Gasteiger partial charge in [-0.2, -0.15) is 0 Å². The molecule has 0 heterocycles. The average Bonchev–Trinajstić information content (AvgIpc) is 2.35. The Balaban J connectivity index is 2.79. The van der Waals surface area contributed by atoms with Crippen LogP contribution in [0.15, 0.2) is 30.5 Å². The molecule has 0 aliphatic rings. The van der Waals surface area contributed by atoms with E-state index in [-0.39, 0.29) is 0 Å². The number of ether oxygens (including phenoxy) is 1. The van der Waals surface area contributed by atoms with Gasteiger partial charge in [0, 0.05) is 6.20 Å². The Hall–Kier alpha value is -1.77. The number of allylic oxidation sites excluding steroid dienone is 1. The van der Waals surface area contributed by atoms with Crippen LogP contribution in [-0.2, 0) is 12.8 Å². The maximum Gasteiger partial charge on any atom is 0.416 e. The van der Waals surface area contributed by atoms with E-state index in [0.29, 0.717) is 5.75 Å². The molecule has 0 saturated heterocycles. The zero-order valence-corrected chi connectivity index (χ0v) is 10.6. The van der Waals surface area contributed by atoms with Crippen LogP contribution < -0.4 is 10.1 Å². The Bertz CT molecular complexity index is 388. The van der Waals surface area contributed by atoms with Crippen molar-refractivity contribution in [3.63, 3.8) is 0 Å². The zero-order chi connectivity index (χ0) is 12.7. The molecule has 1 amide bonds. The largest absolute Gasteiger partial charge is 0.416 e. The summed E-state index contributed by atoms with van der Waals surface area (Å²) in [5, 5.41) is 2.51. The molecule has 1 aromatic carbocycles. The standard InChI is InChI=1S/C14H19NO2/c1-4-7-15-14(16)17-13-9-11(5-2)8-12(6-3)10-13/h4,7-10H,5-6H2,1-3H3,(H,15,16). The molecule has 0 atom stereocenters. The minimum absolute atomic E-state index is 0.460. The predicted octanol–water partition coefficient (Wildman–Crippen LogP) is 3.43. The topological polar surface area (TPSA) is 38.3 Å². The molecular weight excluding hydrogens is 214 g/mol. The molecule has 0 aliphatic heterocycles. The molecule has 1 aromatic rings. The monoisotopic (exact) mass is 233 g/mol. The van der Waals surface area contributed by atoms with Crippen molar-refractivity contribution in [2.45, 2.75) is 33.6 Å². The summed E-state index contributed by atoms with van der Waals surface area (Å²) < 4.78 is 5.20. The van der Waals surface area contributed by atoms with Crippen molar-refractivity contribution < 1.29 is 9.53 Å². The van der Waals surface area contributed by atoms with Crippen LogP contribution in [0.2, 0.25) is 0 Å². The first kappa shape index (κ1) is 13.3. The van der Waals surface area contributed by atoms with E-state index in [0.717, 1.165) is 12.8 Å². The van der Waals surface area contributed by atoms with E-state index in [1.54, 1.807) is 12.3 Å². The molecule has 92 valence electrons. The highest BCUT2D eigenvalue weighted by atomic mass is 16.5. The Morgan fingerprint density at radius 1 is 1.24 bits per heavy atom. The second kappa shape index (κ2) is 6.74. The van der Waals surface area contributed by atoms with Gasteiger partial charge in [0.25, 0.3) is 0 Å². The highest BCUT2D eigenvalue weighted by Crippen LogP contribution is 2.18. The van der Waals surface area contributed by atoms with Gasteiger partial charge in [-0.05, 0) is 43.0 Å². The first-order valence-electron chi connectivity index (χ1n) is 5.92. The van der Waals surface area contributed by atoms with Crippen LogP contribution >= 0.6 is 0 Å². The number of carbonyl (C=O) groups excluding carboxylic acids is 1. The molecule has 0 fully saturated rings. The third kappa shape index (κ3) is 4.31. The fourth-order valence-electron chi connectivity index (χ4n) is 1.48. The Morgan fingerprint density at radius 3 is 2.29 bits per heavy atom. The third-order valence-electron chi connectivity index (χ3n) is 2.42. The van der Waals surface area contributed by atoms with Gasteiger partial charge >= 0.3 is 6.09 Å². The van der Waals surface area contributed by atoms with E-state index in [2.05, 4.69) is 25.2 Å². The van der Waals surface area contributed by atoms with Gasteiger partial charge in [-0.1, -0.05) is 26.0 Å². The number of nitrogens with one attached hydrogen (secondary N) is 1. The van der Waals surface area contributed by atoms with Gasteiger partial charge in [0.2, 0.25) is 0 Å². The summed E-state index contributed by atoms with van der Waals surface area (Å²) in [4.78, 5) is 11.4. The lowest BCUT2D eigenvalue weighted by Gasteiger charge is -2.08. The molecular formula is C14H19NO2. The van der Waals surface area contributed by atoms with Crippen LogP contribution in [0.1, 0.15) is 31.9 Å². The lowest BCUT2D eigenvalue weighted by atomic mass is 10.1. The minimum atomic E-state index is -0.460. The first-order chi connectivity index (χ1) is 8.19. The summed E-state index contributed by atoms with van der Waals surface area (Å²) in [6.45, 7) is 5.99. The lowest BCUT2D eigenvalue weighted by Crippen LogP contribution is -2.21. The van der Waals surface area contributed by atoms with E-state index in [9.17, 15) is 4.79 Å². The van der Waals surface area contributed by atoms with Crippen molar-refractivity contribution in [2.24, 2.45) is 0 Å². The normalized spacial score (nSPS) is 10.5. The summed E-state index contributed by atoms with van der Waals surface area (Å²) in [6.07, 6.45) is 4.69. The zero-order valence-electron chi connectivity index (χ0n) is 10.6. The maximum atomic E-state index is 11.4. The van der Waals surface area contributed by atoms with Crippen LogP contribution in [0.3, 0.4) is 0 Å². The van der Waals surface area contributed by atoms with Gasteiger partial charge in [0.1, 0.15) is 5.75 Å². The van der Waals surface area contributed by atoms with Crippen LogP contribution in [0.25, 0.3) is 0 Å². The Kier molecular flexibility index (Phi) is 5.27. The van der Waals surface area contributed by atoms with Crippen molar-refractivity contribution in [1.29, 1.82) is 0 Å². The molecule has 0 bridgehead atoms. The fraction of sp³-hybridized carbons (Fsp3) is 0.357. The maximum absolute atomic E-state index is 11.4. The third-order valence-corrected chi connectivity index (χ3v) is 2.42. The smallest absolute Gasteiger partial charge is 0.410 e. The molecule has 3 nitrogen and oxygen atoms in total. The van der Waals surface area contributed by atoms with Crippen molar-refractivity contribution in [1.82, 2.24) is 5.32 Å². The molecule has 17 heavy (non-hydrogen) atoms. The van der Waals surface area contributed by atoms with Gasteiger partial charge in [-0.15, -0.1) is 0 Å². The minimum Gasteiger partial charge on any atom is -0.410 e. The molecule has 0 unspecified atom stereocenters. The van der Waals surface area contributed by atoms with Crippen LogP contribution in [0.5, 0.6) is 5.75 Å². The molecule has 0 spiro atoms. The van der Waals surface area contributed by atoms with Crippen LogP contribution in [0, 0.1) is 0 Å². The second-order valence-electron chi connectivity index (χ2n) is 3.73. The van der Waals surface area contributed by atoms with Crippen LogP contribution in [-0.4, -0.2) is 6.09 Å². The van der Waals surface area contributed by atoms with Crippen molar-refractivity contribution in [2.75, 3.05) is 0 Å². The van der Waals surface area contributed by atoms with E-state index >= 15 is 0 Å². The number of benzene rings is 1. The SMILES string of the molecule is CC=CNC(=O)Oc1cc(CC)cc(CC)c1. The molecule has 1 rings (SSSR count). The van der Waals surface area contributed by atoms with E-state index in [4.69, 9.17) is 4.74 Å². The lowest BCUT2D eigenvalue weighted by molar-refractivity contribution is 0.204. The molecule has 0 radical (unpaired) electrons. The summed E-state index contributed by atoms with van der Waals surface area (Å²) in [5.74, 6) is 0.600. The summed E-state index contributed by atoms with van der Waals surface area (Å²) in [5.41, 5.74) is 2.36. The number of carbonyl (C=O) groups is 1. The summed E-state index contributed by atoms with van der Waals surface area (Å²) in [7, 11) is 0. The predicted molar refractivity (Wildman–Crippen MR) is 69.2 cm³/mol. The summed E-state index contributed by atoms with van der Waals surface area (Å²) in [6, 6.07) is 5.93. The van der Waals surface area contributed by atoms with Gasteiger partial charge in [-0.3, -0.25) is 5.32 Å². The van der Waals surface area contributed by atoms with Crippen molar-refractivity contribution in [3.05, 3.63) is 41.6 Å². The van der Waals surface area contributed by atoms with E-state index in [1.165, 1.54) is 11.1 Å². The average molecular weight is 233 g/mol. The summed E-state index contributed by atoms with van der Waals surface area (Å²) >= 11 is 0. The van der Waals surface area contributed by atoms with Crippen molar-refractivity contribution in [3.8, 4) is 5.75 Å². The van der Waals surface area contributed by atoms with Gasteiger partial charge < -0.3 is 4.74 Å². The molecule has 3 heteroatoms. The number of aryl methyl sites for hydroxylation is 2. The second-order valence-corrected chi connectivity index (χ2v) is 3.73. The molecule has 1 N–H and O–H groups in total. The molecule has 0 aliphatic carbocycles. The van der Waals surface area contributed by atoms with E-state index in [1.807, 2.05) is 19.1 Å². The Morgan fingerprint density at radius 2 is 1.82 bits per heavy atom. The number of rotatable bonds is 4. The quantitative estimate of drug-likeness (QED) is 0.865. The van der Waals surface area contributed by atoms with E-state index < -0.39 is 6.09 Å². The van der Waals surface area contributed by atoms with Gasteiger partial charge in [0.05, 0.1) is 0 Å². The Labute approximate surface area is 102 Å². The molecule has 0 aromatic heterocycles. The number of hydrogen-bond donors (Lipinski definition) is 1. The van der Waals surface area contributed by atoms with Crippen LogP contribution in [0.4, 0.5) is 4.79 Å². The highest BCUT2D eigenvalue weighted by Gasteiger charge is 2.04. The van der Waals surface area contributed by atoms with Crippen molar-refractivity contribution >= 4 is 6.09 Å². The van der Waals surface area contributed by atoms with Gasteiger partial charge in [0.15, 0.2) is 0 Å². The molecule has 0 saturated carbocycles. The highest BCUT2D eigenvalue weighted by molar-refractivity contribution is 5.71. The first-order valence-corrected chi connectivity index (χ1v) is 5.92. The number of amides is 1. The van der Waals surface area contributed by atoms with Gasteiger partial charge in [-0.25, -0.2) is 4.79 Å².